The molecule has 6 heteroatoms. The second kappa shape index (κ2) is 6.49. The van der Waals surface area contributed by atoms with Crippen molar-refractivity contribution in [3.63, 3.8) is 0 Å². The Balaban J connectivity index is 2.17. The number of methoxy groups -OCH3 is 1. The molecule has 3 nitrogen and oxygen atoms in total. The minimum absolute atomic E-state index is 0.0845. The molecule has 0 radical (unpaired) electrons. The number of thiocarbonyl (C=S) groups is 1. The topological polar surface area (TPSA) is 44.5 Å². The lowest BCUT2D eigenvalue weighted by atomic mass is 10.2. The zero-order valence-electron chi connectivity index (χ0n) is 11.2. The van der Waals surface area contributed by atoms with Crippen molar-refractivity contribution in [2.75, 3.05) is 7.11 Å². The molecule has 0 fully saturated rings. The lowest BCUT2D eigenvalue weighted by molar-refractivity contribution is 0.302. The second-order valence-electron chi connectivity index (χ2n) is 4.30. The van der Waals surface area contributed by atoms with Crippen molar-refractivity contribution in [3.8, 4) is 11.5 Å². The number of hydrogen-bond donors (Lipinski definition) is 1. The van der Waals surface area contributed by atoms with Crippen molar-refractivity contribution in [1.82, 2.24) is 0 Å². The van der Waals surface area contributed by atoms with Crippen LogP contribution in [0.25, 0.3) is 0 Å². The Morgan fingerprint density at radius 2 is 1.81 bits per heavy atom. The molecule has 110 valence electrons. The number of rotatable bonds is 5. The van der Waals surface area contributed by atoms with Crippen molar-refractivity contribution in [2.24, 2.45) is 5.73 Å². The fourth-order valence-electron chi connectivity index (χ4n) is 1.71. The highest BCUT2D eigenvalue weighted by Crippen LogP contribution is 2.23. The summed E-state index contributed by atoms with van der Waals surface area (Å²) in [4.78, 5) is 0.214. The van der Waals surface area contributed by atoms with E-state index >= 15 is 0 Å². The van der Waals surface area contributed by atoms with E-state index in [0.717, 1.165) is 12.1 Å². The Morgan fingerprint density at radius 1 is 1.10 bits per heavy atom. The Labute approximate surface area is 126 Å². The van der Waals surface area contributed by atoms with Gasteiger partial charge in [-0.3, -0.25) is 0 Å². The maximum Gasteiger partial charge on any atom is 0.159 e. The van der Waals surface area contributed by atoms with Gasteiger partial charge in [0, 0.05) is 11.6 Å². The van der Waals surface area contributed by atoms with Crippen LogP contribution in [0, 0.1) is 11.6 Å². The molecule has 0 aliphatic rings. The summed E-state index contributed by atoms with van der Waals surface area (Å²) >= 11 is 4.91. The molecule has 0 heterocycles. The molecule has 0 aliphatic heterocycles. The Morgan fingerprint density at radius 3 is 2.43 bits per heavy atom. The van der Waals surface area contributed by atoms with Crippen molar-refractivity contribution in [3.05, 3.63) is 59.2 Å². The van der Waals surface area contributed by atoms with Gasteiger partial charge in [0.2, 0.25) is 0 Å². The van der Waals surface area contributed by atoms with Crippen LogP contribution in [-0.4, -0.2) is 12.1 Å². The fraction of sp³-hybridized carbons (Fsp3) is 0.133. The van der Waals surface area contributed by atoms with Gasteiger partial charge in [0.15, 0.2) is 11.6 Å². The molecule has 0 aliphatic carbocycles. The van der Waals surface area contributed by atoms with Crippen LogP contribution < -0.4 is 15.2 Å². The SMILES string of the molecule is COc1cc(OCc2ccc(F)c(F)c2)cc(C(N)=S)c1. The predicted octanol–water partition coefficient (Wildman–Crippen LogP) is 3.19. The first-order valence-electron chi connectivity index (χ1n) is 6.05. The van der Waals surface area contributed by atoms with Crippen LogP contribution in [0.3, 0.4) is 0 Å². The molecule has 2 aromatic carbocycles. The summed E-state index contributed by atoms with van der Waals surface area (Å²) in [7, 11) is 1.51. The first-order valence-corrected chi connectivity index (χ1v) is 6.46. The van der Waals surface area contributed by atoms with E-state index in [1.807, 2.05) is 0 Å². The molecule has 0 saturated carbocycles. The highest BCUT2D eigenvalue weighted by Gasteiger charge is 2.07. The fourth-order valence-corrected chi connectivity index (χ4v) is 1.83. The molecule has 0 unspecified atom stereocenters. The summed E-state index contributed by atoms with van der Waals surface area (Å²) in [6.45, 7) is 0.0845. The minimum Gasteiger partial charge on any atom is -0.497 e. The maximum atomic E-state index is 13.1. The lowest BCUT2D eigenvalue weighted by Crippen LogP contribution is -2.10. The van der Waals surface area contributed by atoms with Gasteiger partial charge in [0.25, 0.3) is 0 Å². The monoisotopic (exact) mass is 309 g/mol. The molecule has 2 rings (SSSR count). The number of halogens is 2. The van der Waals surface area contributed by atoms with Gasteiger partial charge in [-0.05, 0) is 29.8 Å². The van der Waals surface area contributed by atoms with E-state index in [1.165, 1.54) is 13.2 Å². The summed E-state index contributed by atoms with van der Waals surface area (Å²) in [5, 5.41) is 0. The Kier molecular flexibility index (Phi) is 4.70. The van der Waals surface area contributed by atoms with E-state index in [2.05, 4.69) is 0 Å². The van der Waals surface area contributed by atoms with E-state index in [4.69, 9.17) is 27.4 Å². The Hall–Kier alpha value is -2.21. The maximum absolute atomic E-state index is 13.1. The van der Waals surface area contributed by atoms with Crippen LogP contribution in [0.5, 0.6) is 11.5 Å². The average Bonchev–Trinajstić information content (AvgIpc) is 2.48. The van der Waals surface area contributed by atoms with Crippen molar-refractivity contribution < 1.29 is 18.3 Å². The molecule has 0 atom stereocenters. The van der Waals surface area contributed by atoms with Gasteiger partial charge >= 0.3 is 0 Å². The average molecular weight is 309 g/mol. The molecule has 0 aromatic heterocycles. The van der Waals surface area contributed by atoms with Crippen LogP contribution in [0.15, 0.2) is 36.4 Å². The third-order valence-corrected chi connectivity index (χ3v) is 3.03. The van der Waals surface area contributed by atoms with E-state index in [0.29, 0.717) is 22.6 Å². The van der Waals surface area contributed by atoms with Crippen LogP contribution in [0.1, 0.15) is 11.1 Å². The smallest absolute Gasteiger partial charge is 0.159 e. The van der Waals surface area contributed by atoms with Gasteiger partial charge in [0.05, 0.1) is 7.11 Å². The summed E-state index contributed by atoms with van der Waals surface area (Å²) < 4.78 is 36.6. The van der Waals surface area contributed by atoms with Gasteiger partial charge in [-0.25, -0.2) is 8.78 Å². The molecule has 0 spiro atoms. The second-order valence-corrected chi connectivity index (χ2v) is 4.74. The summed E-state index contributed by atoms with van der Waals surface area (Å²) in [6, 6.07) is 8.59. The zero-order chi connectivity index (χ0) is 15.4. The largest absolute Gasteiger partial charge is 0.497 e. The van der Waals surface area contributed by atoms with Crippen molar-refractivity contribution >= 4 is 17.2 Å². The molecule has 2 aromatic rings. The van der Waals surface area contributed by atoms with Gasteiger partial charge in [-0.15, -0.1) is 0 Å². The third kappa shape index (κ3) is 3.88. The standard InChI is InChI=1S/C15H13F2NO2S/c1-19-11-5-10(15(18)21)6-12(7-11)20-8-9-2-3-13(16)14(17)4-9/h2-7H,8H2,1H3,(H2,18,21). The molecule has 2 N–H and O–H groups in total. The first-order chi connectivity index (χ1) is 9.99. The van der Waals surface area contributed by atoms with E-state index in [1.54, 1.807) is 18.2 Å². The van der Waals surface area contributed by atoms with Gasteiger partial charge in [-0.2, -0.15) is 0 Å². The number of nitrogens with two attached hydrogens (primary N) is 1. The summed E-state index contributed by atoms with van der Waals surface area (Å²) in [6.07, 6.45) is 0. The number of benzene rings is 2. The predicted molar refractivity (Wildman–Crippen MR) is 79.6 cm³/mol. The third-order valence-electron chi connectivity index (χ3n) is 2.79. The molecular weight excluding hydrogens is 296 g/mol. The minimum atomic E-state index is -0.912. The van der Waals surface area contributed by atoms with Crippen LogP contribution in [-0.2, 0) is 6.61 Å². The van der Waals surface area contributed by atoms with E-state index in [-0.39, 0.29) is 11.6 Å². The molecule has 0 amide bonds. The van der Waals surface area contributed by atoms with Crippen LogP contribution in [0.4, 0.5) is 8.78 Å². The molecule has 0 saturated heterocycles. The van der Waals surface area contributed by atoms with Gasteiger partial charge in [0.1, 0.15) is 23.1 Å². The molecular formula is C15H13F2NO2S. The summed E-state index contributed by atoms with van der Waals surface area (Å²) in [5.41, 5.74) is 6.69. The van der Waals surface area contributed by atoms with Gasteiger partial charge < -0.3 is 15.2 Å². The van der Waals surface area contributed by atoms with Gasteiger partial charge in [-0.1, -0.05) is 18.3 Å². The lowest BCUT2D eigenvalue weighted by Gasteiger charge is -2.10. The molecule has 0 bridgehead atoms. The summed E-state index contributed by atoms with van der Waals surface area (Å²) in [5.74, 6) is -0.788. The van der Waals surface area contributed by atoms with E-state index < -0.39 is 11.6 Å². The molecule has 21 heavy (non-hydrogen) atoms. The number of hydrogen-bond acceptors (Lipinski definition) is 3. The van der Waals surface area contributed by atoms with Crippen LogP contribution >= 0.6 is 12.2 Å². The highest BCUT2D eigenvalue weighted by atomic mass is 32.1. The van der Waals surface area contributed by atoms with E-state index in [9.17, 15) is 8.78 Å². The van der Waals surface area contributed by atoms with Crippen molar-refractivity contribution in [1.29, 1.82) is 0 Å². The quantitative estimate of drug-likeness (QED) is 0.862. The van der Waals surface area contributed by atoms with Crippen LogP contribution in [0.2, 0.25) is 0 Å². The normalized spacial score (nSPS) is 10.2. The first kappa shape index (κ1) is 15.2. The zero-order valence-corrected chi connectivity index (χ0v) is 12.0. The highest BCUT2D eigenvalue weighted by molar-refractivity contribution is 7.80. The Bertz CT molecular complexity index is 677. The van der Waals surface area contributed by atoms with Crippen molar-refractivity contribution in [2.45, 2.75) is 6.61 Å². The number of ether oxygens (including phenoxy) is 2.